The van der Waals surface area contributed by atoms with E-state index in [9.17, 15) is 4.79 Å². The molecule has 6 nitrogen and oxygen atoms in total. The van der Waals surface area contributed by atoms with E-state index in [1.165, 1.54) is 4.68 Å². The van der Waals surface area contributed by atoms with E-state index in [2.05, 4.69) is 15.7 Å². The smallest absolute Gasteiger partial charge is 0.269 e. The molecule has 1 aromatic heterocycles. The number of nitrogens with zero attached hydrogens (tertiary/aromatic N) is 2. The fraction of sp³-hybridized carbons (Fsp3) is 0.333. The van der Waals surface area contributed by atoms with Crippen molar-refractivity contribution >= 4 is 5.69 Å². The number of hydrogen-bond donors (Lipinski definition) is 2. The zero-order valence-corrected chi connectivity index (χ0v) is 12.3. The highest BCUT2D eigenvalue weighted by Gasteiger charge is 2.02. The third-order valence-electron chi connectivity index (χ3n) is 3.04. The summed E-state index contributed by atoms with van der Waals surface area (Å²) < 4.78 is 6.60. The SMILES string of the molecule is CNCCNc1cnn(Cc2cccc(OC)c2)c(=O)c1. The summed E-state index contributed by atoms with van der Waals surface area (Å²) in [5, 5.41) is 10.4. The van der Waals surface area contributed by atoms with Crippen molar-refractivity contribution in [3.8, 4) is 5.75 Å². The van der Waals surface area contributed by atoms with Crippen LogP contribution < -0.4 is 20.9 Å². The van der Waals surface area contributed by atoms with Crippen molar-refractivity contribution in [2.24, 2.45) is 0 Å². The van der Waals surface area contributed by atoms with Gasteiger partial charge in [0.05, 0.1) is 25.5 Å². The predicted octanol–water partition coefficient (Wildman–Crippen LogP) is 0.931. The minimum absolute atomic E-state index is 0.132. The monoisotopic (exact) mass is 288 g/mol. The van der Waals surface area contributed by atoms with Crippen LogP contribution >= 0.6 is 0 Å². The third-order valence-corrected chi connectivity index (χ3v) is 3.04. The first-order valence-electron chi connectivity index (χ1n) is 6.81. The fourth-order valence-electron chi connectivity index (χ4n) is 1.92. The van der Waals surface area contributed by atoms with Crippen molar-refractivity contribution < 1.29 is 4.74 Å². The maximum Gasteiger partial charge on any atom is 0.269 e. The largest absolute Gasteiger partial charge is 0.497 e. The second-order valence-corrected chi connectivity index (χ2v) is 4.62. The van der Waals surface area contributed by atoms with E-state index in [0.29, 0.717) is 6.54 Å². The molecule has 0 amide bonds. The topological polar surface area (TPSA) is 68.2 Å². The first-order valence-corrected chi connectivity index (χ1v) is 6.81. The molecule has 0 aliphatic carbocycles. The molecule has 2 N–H and O–H groups in total. The first-order chi connectivity index (χ1) is 10.2. The van der Waals surface area contributed by atoms with Gasteiger partial charge >= 0.3 is 0 Å². The summed E-state index contributed by atoms with van der Waals surface area (Å²) in [6.07, 6.45) is 1.66. The molecule has 2 aromatic rings. The maximum atomic E-state index is 12.0. The van der Waals surface area contributed by atoms with Gasteiger partial charge in [-0.25, -0.2) is 4.68 Å². The van der Waals surface area contributed by atoms with Gasteiger partial charge in [0.25, 0.3) is 5.56 Å². The van der Waals surface area contributed by atoms with Gasteiger partial charge < -0.3 is 15.4 Å². The molecule has 0 fully saturated rings. The molecule has 6 heteroatoms. The number of rotatable bonds is 7. The van der Waals surface area contributed by atoms with Crippen LogP contribution in [-0.4, -0.2) is 37.0 Å². The molecular weight excluding hydrogens is 268 g/mol. The summed E-state index contributed by atoms with van der Waals surface area (Å²) in [7, 11) is 3.50. The van der Waals surface area contributed by atoms with E-state index in [0.717, 1.165) is 30.1 Å². The van der Waals surface area contributed by atoms with Crippen molar-refractivity contribution in [3.05, 3.63) is 52.4 Å². The van der Waals surface area contributed by atoms with Crippen molar-refractivity contribution in [1.82, 2.24) is 15.1 Å². The highest BCUT2D eigenvalue weighted by Crippen LogP contribution is 2.12. The predicted molar refractivity (Wildman–Crippen MR) is 83.0 cm³/mol. The molecule has 21 heavy (non-hydrogen) atoms. The van der Waals surface area contributed by atoms with Crippen molar-refractivity contribution in [3.63, 3.8) is 0 Å². The fourth-order valence-corrected chi connectivity index (χ4v) is 1.92. The van der Waals surface area contributed by atoms with Crippen LogP contribution in [-0.2, 0) is 6.54 Å². The van der Waals surface area contributed by atoms with Crippen LogP contribution in [0.4, 0.5) is 5.69 Å². The summed E-state index contributed by atoms with van der Waals surface area (Å²) in [5.74, 6) is 0.769. The molecule has 0 aliphatic heterocycles. The van der Waals surface area contributed by atoms with Crippen molar-refractivity contribution in [1.29, 1.82) is 0 Å². The molecular formula is C15H20N4O2. The van der Waals surface area contributed by atoms with Gasteiger partial charge in [0.2, 0.25) is 0 Å². The lowest BCUT2D eigenvalue weighted by Crippen LogP contribution is -2.24. The van der Waals surface area contributed by atoms with Crippen molar-refractivity contribution in [2.45, 2.75) is 6.54 Å². The quantitative estimate of drug-likeness (QED) is 0.742. The summed E-state index contributed by atoms with van der Waals surface area (Å²) in [6, 6.07) is 9.16. The Labute approximate surface area is 123 Å². The Morgan fingerprint density at radius 2 is 2.14 bits per heavy atom. The molecule has 0 radical (unpaired) electrons. The van der Waals surface area contributed by atoms with Crippen molar-refractivity contribution in [2.75, 3.05) is 32.6 Å². The number of methoxy groups -OCH3 is 1. The molecule has 0 atom stereocenters. The normalized spacial score (nSPS) is 10.4. The number of aromatic nitrogens is 2. The molecule has 0 bridgehead atoms. The van der Waals surface area contributed by atoms with E-state index in [1.807, 2.05) is 31.3 Å². The van der Waals surface area contributed by atoms with Gasteiger partial charge in [-0.3, -0.25) is 4.79 Å². The van der Waals surface area contributed by atoms with Gasteiger partial charge in [-0.1, -0.05) is 12.1 Å². The zero-order valence-electron chi connectivity index (χ0n) is 12.3. The molecule has 0 unspecified atom stereocenters. The van der Waals surface area contributed by atoms with E-state index in [1.54, 1.807) is 19.4 Å². The van der Waals surface area contributed by atoms with Gasteiger partial charge in [0, 0.05) is 19.2 Å². The molecule has 1 heterocycles. The molecule has 0 spiro atoms. The molecule has 0 saturated carbocycles. The number of hydrogen-bond acceptors (Lipinski definition) is 5. The number of ether oxygens (including phenoxy) is 1. The zero-order chi connectivity index (χ0) is 15.1. The number of nitrogens with one attached hydrogen (secondary N) is 2. The number of anilines is 1. The Bertz CT molecular complexity index is 640. The Hall–Kier alpha value is -2.34. The Kier molecular flexibility index (Phi) is 5.34. The second kappa shape index (κ2) is 7.44. The highest BCUT2D eigenvalue weighted by atomic mass is 16.5. The van der Waals surface area contributed by atoms with Gasteiger partial charge in [-0.15, -0.1) is 0 Å². The van der Waals surface area contributed by atoms with Gasteiger partial charge in [-0.05, 0) is 24.7 Å². The lowest BCUT2D eigenvalue weighted by atomic mass is 10.2. The van der Waals surface area contributed by atoms with Crippen LogP contribution in [0.2, 0.25) is 0 Å². The number of likely N-dealkylation sites (N-methyl/N-ethyl adjacent to an activating group) is 1. The second-order valence-electron chi connectivity index (χ2n) is 4.62. The standard InChI is InChI=1S/C15H20N4O2/c1-16-6-7-17-13-9-15(20)19(18-10-13)11-12-4-3-5-14(8-12)21-2/h3-5,8-10,16-17H,6-7,11H2,1-2H3. The highest BCUT2D eigenvalue weighted by molar-refractivity contribution is 5.38. The van der Waals surface area contributed by atoms with E-state index < -0.39 is 0 Å². The first kappa shape index (κ1) is 15.1. The molecule has 0 aliphatic rings. The van der Waals surface area contributed by atoms with Gasteiger partial charge in [0.1, 0.15) is 5.75 Å². The third kappa shape index (κ3) is 4.32. The Morgan fingerprint density at radius 1 is 1.29 bits per heavy atom. The van der Waals surface area contributed by atoms with Crippen LogP contribution in [0.25, 0.3) is 0 Å². The van der Waals surface area contributed by atoms with Crippen LogP contribution in [0.15, 0.2) is 41.3 Å². The minimum atomic E-state index is -0.132. The summed E-state index contributed by atoms with van der Waals surface area (Å²) >= 11 is 0. The Balaban J connectivity index is 2.08. The average molecular weight is 288 g/mol. The molecule has 112 valence electrons. The Morgan fingerprint density at radius 3 is 2.86 bits per heavy atom. The lowest BCUT2D eigenvalue weighted by molar-refractivity contribution is 0.414. The van der Waals surface area contributed by atoms with Gasteiger partial charge in [0.15, 0.2) is 0 Å². The number of benzene rings is 1. The summed E-state index contributed by atoms with van der Waals surface area (Å²) in [4.78, 5) is 12.0. The maximum absolute atomic E-state index is 12.0. The summed E-state index contributed by atoms with van der Waals surface area (Å²) in [6.45, 7) is 2.00. The van der Waals surface area contributed by atoms with Crippen LogP contribution in [0, 0.1) is 0 Å². The van der Waals surface area contributed by atoms with Crippen LogP contribution in [0.5, 0.6) is 5.75 Å². The van der Waals surface area contributed by atoms with Crippen LogP contribution in [0.1, 0.15) is 5.56 Å². The lowest BCUT2D eigenvalue weighted by Gasteiger charge is -2.09. The van der Waals surface area contributed by atoms with E-state index in [4.69, 9.17) is 4.74 Å². The van der Waals surface area contributed by atoms with Crippen LogP contribution in [0.3, 0.4) is 0 Å². The minimum Gasteiger partial charge on any atom is -0.497 e. The molecule has 2 rings (SSSR count). The average Bonchev–Trinajstić information content (AvgIpc) is 2.50. The summed E-state index contributed by atoms with van der Waals surface area (Å²) in [5.41, 5.74) is 1.57. The van der Waals surface area contributed by atoms with E-state index in [-0.39, 0.29) is 5.56 Å². The van der Waals surface area contributed by atoms with Gasteiger partial charge in [-0.2, -0.15) is 5.10 Å². The molecule has 1 aromatic carbocycles. The molecule has 0 saturated heterocycles. The van der Waals surface area contributed by atoms with E-state index >= 15 is 0 Å².